The van der Waals surface area contributed by atoms with Gasteiger partial charge in [-0.15, -0.1) is 0 Å². The molecule has 0 saturated heterocycles. The van der Waals surface area contributed by atoms with E-state index in [9.17, 15) is 0 Å². The van der Waals surface area contributed by atoms with Gasteiger partial charge >= 0.3 is 0 Å². The minimum atomic E-state index is 0.605. The molecule has 2 rings (SSSR count). The van der Waals surface area contributed by atoms with Crippen LogP contribution in [0.5, 0.6) is 0 Å². The first-order valence-electron chi connectivity index (χ1n) is 7.17. The average Bonchev–Trinajstić information content (AvgIpc) is 2.82. The van der Waals surface area contributed by atoms with Gasteiger partial charge < -0.3 is 10.1 Å². The van der Waals surface area contributed by atoms with Crippen LogP contribution in [-0.2, 0) is 11.2 Å². The maximum absolute atomic E-state index is 5.17. The molecule has 0 spiro atoms. The van der Waals surface area contributed by atoms with Crippen molar-refractivity contribution < 1.29 is 4.74 Å². The van der Waals surface area contributed by atoms with Crippen molar-refractivity contribution in [2.75, 3.05) is 20.3 Å². The molecule has 1 N–H and O–H groups in total. The van der Waals surface area contributed by atoms with Crippen molar-refractivity contribution in [1.82, 2.24) is 5.32 Å². The van der Waals surface area contributed by atoms with Crippen molar-refractivity contribution in [3.63, 3.8) is 0 Å². The first-order valence-corrected chi connectivity index (χ1v) is 7.17. The minimum Gasteiger partial charge on any atom is -0.385 e. The topological polar surface area (TPSA) is 21.3 Å². The standard InChI is InChI=1S/C16H25NO/c1-3-17-16(9-6-12-18-2)15-11-10-13-7-4-5-8-14(13)15/h4-5,7-8,15-17H,3,6,9-12H2,1-2H3. The second-order valence-electron chi connectivity index (χ2n) is 5.14. The number of ether oxygens (including phenoxy) is 1. The first kappa shape index (κ1) is 13.6. The van der Waals surface area contributed by atoms with Gasteiger partial charge in [-0.3, -0.25) is 0 Å². The molecule has 0 fully saturated rings. The Labute approximate surface area is 111 Å². The predicted molar refractivity (Wildman–Crippen MR) is 76.1 cm³/mol. The Kier molecular flexibility index (Phi) is 5.21. The molecule has 2 atom stereocenters. The van der Waals surface area contributed by atoms with Crippen molar-refractivity contribution >= 4 is 0 Å². The Hall–Kier alpha value is -0.860. The molecule has 0 bridgehead atoms. The van der Waals surface area contributed by atoms with Crippen molar-refractivity contribution in [3.05, 3.63) is 35.4 Å². The summed E-state index contributed by atoms with van der Waals surface area (Å²) in [6.45, 7) is 4.12. The predicted octanol–water partition coefficient (Wildman–Crippen LogP) is 3.12. The lowest BCUT2D eigenvalue weighted by Crippen LogP contribution is -2.34. The second kappa shape index (κ2) is 6.91. The molecule has 2 heteroatoms. The van der Waals surface area contributed by atoms with E-state index in [4.69, 9.17) is 4.74 Å². The zero-order valence-corrected chi connectivity index (χ0v) is 11.6. The van der Waals surface area contributed by atoms with Crippen molar-refractivity contribution in [2.24, 2.45) is 0 Å². The zero-order chi connectivity index (χ0) is 12.8. The monoisotopic (exact) mass is 247 g/mol. The number of nitrogens with one attached hydrogen (secondary N) is 1. The Bertz CT molecular complexity index is 364. The molecule has 2 nitrogen and oxygen atoms in total. The largest absolute Gasteiger partial charge is 0.385 e. The molecule has 0 radical (unpaired) electrons. The van der Waals surface area contributed by atoms with E-state index in [0.29, 0.717) is 12.0 Å². The van der Waals surface area contributed by atoms with Crippen LogP contribution in [0, 0.1) is 0 Å². The molecule has 0 heterocycles. The zero-order valence-electron chi connectivity index (χ0n) is 11.6. The number of aryl methyl sites for hydroxylation is 1. The van der Waals surface area contributed by atoms with Gasteiger partial charge in [0.05, 0.1) is 0 Å². The number of rotatable bonds is 7. The van der Waals surface area contributed by atoms with Crippen molar-refractivity contribution in [2.45, 2.75) is 44.6 Å². The summed E-state index contributed by atoms with van der Waals surface area (Å²) in [5, 5.41) is 3.67. The van der Waals surface area contributed by atoms with Crippen LogP contribution in [0.3, 0.4) is 0 Å². The maximum Gasteiger partial charge on any atom is 0.0462 e. The highest BCUT2D eigenvalue weighted by molar-refractivity contribution is 5.36. The van der Waals surface area contributed by atoms with Gasteiger partial charge in [0.15, 0.2) is 0 Å². The quantitative estimate of drug-likeness (QED) is 0.747. The van der Waals surface area contributed by atoms with Gasteiger partial charge in [0.1, 0.15) is 0 Å². The molecular weight excluding hydrogens is 222 g/mol. The van der Waals surface area contributed by atoms with Crippen LogP contribution in [0.25, 0.3) is 0 Å². The Morgan fingerprint density at radius 2 is 2.22 bits per heavy atom. The smallest absolute Gasteiger partial charge is 0.0462 e. The Morgan fingerprint density at radius 3 is 3.00 bits per heavy atom. The van der Waals surface area contributed by atoms with Gasteiger partial charge in [-0.1, -0.05) is 31.2 Å². The summed E-state index contributed by atoms with van der Waals surface area (Å²) in [6.07, 6.45) is 4.89. The third kappa shape index (κ3) is 3.12. The SMILES string of the molecule is CCNC(CCCOC)C1CCc2ccccc21. The summed E-state index contributed by atoms with van der Waals surface area (Å²) >= 11 is 0. The molecule has 100 valence electrons. The van der Waals surface area contributed by atoms with Crippen LogP contribution in [0.15, 0.2) is 24.3 Å². The molecule has 0 saturated carbocycles. The summed E-state index contributed by atoms with van der Waals surface area (Å²) in [4.78, 5) is 0. The summed E-state index contributed by atoms with van der Waals surface area (Å²) in [6, 6.07) is 9.54. The van der Waals surface area contributed by atoms with Gasteiger partial charge in [0.2, 0.25) is 0 Å². The Morgan fingerprint density at radius 1 is 1.39 bits per heavy atom. The van der Waals surface area contributed by atoms with Gasteiger partial charge in [-0.2, -0.15) is 0 Å². The molecule has 0 aromatic heterocycles. The minimum absolute atomic E-state index is 0.605. The molecule has 1 aromatic carbocycles. The number of fused-ring (bicyclic) bond motifs is 1. The fourth-order valence-corrected chi connectivity index (χ4v) is 3.16. The fraction of sp³-hybridized carbons (Fsp3) is 0.625. The number of hydrogen-bond acceptors (Lipinski definition) is 2. The maximum atomic E-state index is 5.17. The Balaban J connectivity index is 2.03. The lowest BCUT2D eigenvalue weighted by Gasteiger charge is -2.25. The van der Waals surface area contributed by atoms with E-state index in [1.807, 2.05) is 0 Å². The molecule has 1 aliphatic carbocycles. The molecule has 0 aliphatic heterocycles. The number of methoxy groups -OCH3 is 1. The summed E-state index contributed by atoms with van der Waals surface area (Å²) < 4.78 is 5.17. The first-order chi connectivity index (χ1) is 8.86. The third-order valence-corrected chi connectivity index (χ3v) is 3.99. The van der Waals surface area contributed by atoms with Crippen LogP contribution < -0.4 is 5.32 Å². The third-order valence-electron chi connectivity index (χ3n) is 3.99. The van der Waals surface area contributed by atoms with Crippen LogP contribution in [-0.4, -0.2) is 26.3 Å². The number of hydrogen-bond donors (Lipinski definition) is 1. The second-order valence-corrected chi connectivity index (χ2v) is 5.14. The summed E-state index contributed by atoms with van der Waals surface area (Å²) in [7, 11) is 1.78. The van der Waals surface area contributed by atoms with Gasteiger partial charge in [0.25, 0.3) is 0 Å². The van der Waals surface area contributed by atoms with E-state index in [1.54, 1.807) is 18.2 Å². The van der Waals surface area contributed by atoms with Crippen LogP contribution in [0.4, 0.5) is 0 Å². The van der Waals surface area contributed by atoms with E-state index < -0.39 is 0 Å². The van der Waals surface area contributed by atoms with E-state index in [1.165, 1.54) is 19.3 Å². The van der Waals surface area contributed by atoms with E-state index in [0.717, 1.165) is 19.6 Å². The molecule has 1 aromatic rings. The highest BCUT2D eigenvalue weighted by atomic mass is 16.5. The lowest BCUT2D eigenvalue weighted by atomic mass is 9.90. The average molecular weight is 247 g/mol. The normalized spacial score (nSPS) is 19.8. The molecule has 18 heavy (non-hydrogen) atoms. The lowest BCUT2D eigenvalue weighted by molar-refractivity contribution is 0.186. The molecule has 2 unspecified atom stereocenters. The number of likely N-dealkylation sites (N-methyl/N-ethyl adjacent to an activating group) is 1. The van der Waals surface area contributed by atoms with E-state index in [-0.39, 0.29) is 0 Å². The molecule has 0 amide bonds. The van der Waals surface area contributed by atoms with Crippen LogP contribution >= 0.6 is 0 Å². The van der Waals surface area contributed by atoms with Crippen LogP contribution in [0.1, 0.15) is 43.2 Å². The molecular formula is C16H25NO. The van der Waals surface area contributed by atoms with Crippen molar-refractivity contribution in [3.8, 4) is 0 Å². The highest BCUT2D eigenvalue weighted by Crippen LogP contribution is 2.36. The fourth-order valence-electron chi connectivity index (χ4n) is 3.16. The highest BCUT2D eigenvalue weighted by Gasteiger charge is 2.28. The van der Waals surface area contributed by atoms with Gasteiger partial charge in [0, 0.05) is 19.8 Å². The van der Waals surface area contributed by atoms with Gasteiger partial charge in [-0.25, -0.2) is 0 Å². The van der Waals surface area contributed by atoms with E-state index in [2.05, 4.69) is 36.5 Å². The number of benzene rings is 1. The van der Waals surface area contributed by atoms with Crippen molar-refractivity contribution in [1.29, 1.82) is 0 Å². The van der Waals surface area contributed by atoms with Crippen LogP contribution in [0.2, 0.25) is 0 Å². The van der Waals surface area contributed by atoms with E-state index >= 15 is 0 Å². The molecule has 1 aliphatic rings. The van der Waals surface area contributed by atoms with Gasteiger partial charge in [-0.05, 0) is 49.3 Å². The summed E-state index contributed by atoms with van der Waals surface area (Å²) in [5.74, 6) is 0.693. The summed E-state index contributed by atoms with van der Waals surface area (Å²) in [5.41, 5.74) is 3.12.